The van der Waals surface area contributed by atoms with Crippen molar-refractivity contribution in [3.63, 3.8) is 0 Å². The summed E-state index contributed by atoms with van der Waals surface area (Å²) in [5.74, 6) is 0. The Morgan fingerprint density at radius 3 is 2.82 bits per heavy atom. The van der Waals surface area contributed by atoms with E-state index in [1.54, 1.807) is 13.3 Å². The van der Waals surface area contributed by atoms with Crippen LogP contribution in [0.1, 0.15) is 6.42 Å². The molecule has 0 amide bonds. The minimum Gasteiger partial charge on any atom is -0.380 e. The third kappa shape index (κ3) is 3.49. The molecule has 1 aliphatic heterocycles. The van der Waals surface area contributed by atoms with Gasteiger partial charge in [-0.1, -0.05) is 41.0 Å². The number of halogens is 2. The van der Waals surface area contributed by atoms with Crippen LogP contribution < -0.4 is 4.90 Å². The topological polar surface area (TPSA) is 38.2 Å². The molecule has 1 saturated heterocycles. The molecular formula is C15H15Cl2N3OS. The number of methoxy groups -OCH3 is 1. The minimum atomic E-state index is 0.273. The molecule has 0 spiro atoms. The van der Waals surface area contributed by atoms with Crippen LogP contribution in [0.2, 0.25) is 10.2 Å². The third-order valence-corrected chi connectivity index (χ3v) is 5.26. The lowest BCUT2D eigenvalue weighted by molar-refractivity contribution is 0.121. The first-order valence-corrected chi connectivity index (χ1v) is 8.46. The lowest BCUT2D eigenvalue weighted by Gasteiger charge is -2.21. The maximum atomic E-state index is 6.58. The predicted molar refractivity (Wildman–Crippen MR) is 90.2 cm³/mol. The van der Waals surface area contributed by atoms with Gasteiger partial charge < -0.3 is 9.64 Å². The fourth-order valence-corrected chi connectivity index (χ4v) is 3.66. The highest BCUT2D eigenvalue weighted by molar-refractivity contribution is 7.99. The first-order chi connectivity index (χ1) is 10.7. The second-order valence-electron chi connectivity index (χ2n) is 4.96. The van der Waals surface area contributed by atoms with Gasteiger partial charge >= 0.3 is 0 Å². The molecule has 1 atom stereocenters. The van der Waals surface area contributed by atoms with Crippen LogP contribution in [0.5, 0.6) is 0 Å². The van der Waals surface area contributed by atoms with E-state index in [2.05, 4.69) is 14.9 Å². The molecule has 3 rings (SSSR count). The van der Waals surface area contributed by atoms with Gasteiger partial charge in [-0.3, -0.25) is 0 Å². The van der Waals surface area contributed by atoms with E-state index in [9.17, 15) is 0 Å². The van der Waals surface area contributed by atoms with Crippen LogP contribution in [-0.4, -0.2) is 36.3 Å². The summed E-state index contributed by atoms with van der Waals surface area (Å²) in [4.78, 5) is 11.5. The summed E-state index contributed by atoms with van der Waals surface area (Å²) in [5, 5.41) is 1.88. The van der Waals surface area contributed by atoms with Crippen LogP contribution in [-0.2, 0) is 4.74 Å². The van der Waals surface area contributed by atoms with Gasteiger partial charge in [-0.25, -0.2) is 9.97 Å². The van der Waals surface area contributed by atoms with Crippen molar-refractivity contribution in [1.82, 2.24) is 9.97 Å². The Kier molecular flexibility index (Phi) is 5.08. The molecule has 0 saturated carbocycles. The highest BCUT2D eigenvalue weighted by Gasteiger charge is 2.24. The zero-order valence-electron chi connectivity index (χ0n) is 12.0. The van der Waals surface area contributed by atoms with E-state index >= 15 is 0 Å². The van der Waals surface area contributed by atoms with Crippen molar-refractivity contribution in [2.75, 3.05) is 25.1 Å². The molecule has 1 aliphatic rings. The molecule has 0 radical (unpaired) electrons. The monoisotopic (exact) mass is 355 g/mol. The number of aromatic nitrogens is 2. The molecule has 1 fully saturated rings. The number of hydrogen-bond acceptors (Lipinski definition) is 5. The SMILES string of the molecule is CO[C@@H]1CCN(c2cccc(Sc3cnc(Cl)cn3)c2Cl)C1. The molecule has 7 heteroatoms. The van der Waals surface area contributed by atoms with Gasteiger partial charge in [0.1, 0.15) is 10.2 Å². The Morgan fingerprint density at radius 1 is 1.27 bits per heavy atom. The molecule has 1 aromatic heterocycles. The molecule has 2 heterocycles. The fraction of sp³-hybridized carbons (Fsp3) is 0.333. The molecule has 1 aromatic carbocycles. The summed E-state index contributed by atoms with van der Waals surface area (Å²) in [6.45, 7) is 1.82. The van der Waals surface area contributed by atoms with E-state index in [4.69, 9.17) is 27.9 Å². The second-order valence-corrected chi connectivity index (χ2v) is 6.79. The molecule has 0 unspecified atom stereocenters. The van der Waals surface area contributed by atoms with Crippen LogP contribution in [0.3, 0.4) is 0 Å². The third-order valence-electron chi connectivity index (χ3n) is 3.57. The van der Waals surface area contributed by atoms with Crippen molar-refractivity contribution in [3.8, 4) is 0 Å². The Hall–Kier alpha value is -1.01. The Balaban J connectivity index is 1.81. The molecule has 0 N–H and O–H groups in total. The number of anilines is 1. The van der Waals surface area contributed by atoms with Crippen LogP contribution in [0.25, 0.3) is 0 Å². The maximum absolute atomic E-state index is 6.58. The van der Waals surface area contributed by atoms with E-state index in [1.165, 1.54) is 18.0 Å². The Bertz CT molecular complexity index is 654. The average molecular weight is 356 g/mol. The lowest BCUT2D eigenvalue weighted by Crippen LogP contribution is -2.22. The largest absolute Gasteiger partial charge is 0.380 e. The van der Waals surface area contributed by atoms with E-state index in [-0.39, 0.29) is 6.10 Å². The van der Waals surface area contributed by atoms with Crippen molar-refractivity contribution >= 4 is 40.7 Å². The Morgan fingerprint density at radius 2 is 2.14 bits per heavy atom. The van der Waals surface area contributed by atoms with E-state index in [0.717, 1.165) is 40.1 Å². The van der Waals surface area contributed by atoms with Crippen molar-refractivity contribution in [3.05, 3.63) is 40.8 Å². The number of hydrogen-bond donors (Lipinski definition) is 0. The van der Waals surface area contributed by atoms with Gasteiger partial charge in [-0.05, 0) is 18.6 Å². The van der Waals surface area contributed by atoms with Gasteiger partial charge in [0.2, 0.25) is 0 Å². The van der Waals surface area contributed by atoms with Gasteiger partial charge in [0.15, 0.2) is 0 Å². The zero-order valence-corrected chi connectivity index (χ0v) is 14.3. The smallest absolute Gasteiger partial charge is 0.147 e. The normalized spacial score (nSPS) is 18.0. The zero-order chi connectivity index (χ0) is 15.5. The van der Waals surface area contributed by atoms with Crippen LogP contribution in [0.4, 0.5) is 5.69 Å². The summed E-state index contributed by atoms with van der Waals surface area (Å²) in [6, 6.07) is 6.03. The van der Waals surface area contributed by atoms with Gasteiger partial charge in [0, 0.05) is 25.1 Å². The lowest BCUT2D eigenvalue weighted by atomic mass is 10.3. The fourth-order valence-electron chi connectivity index (χ4n) is 2.43. The second kappa shape index (κ2) is 7.04. The van der Waals surface area contributed by atoms with Gasteiger partial charge in [0.25, 0.3) is 0 Å². The van der Waals surface area contributed by atoms with Crippen LogP contribution in [0, 0.1) is 0 Å². The standard InChI is InChI=1S/C15H15Cl2N3OS/c1-21-10-5-6-20(9-10)11-3-2-4-12(15(11)17)22-14-8-18-13(16)7-19-14/h2-4,7-8,10H,5-6,9H2,1H3/t10-/m1/s1. The molecule has 2 aromatic rings. The van der Waals surface area contributed by atoms with Crippen LogP contribution in [0.15, 0.2) is 40.5 Å². The van der Waals surface area contributed by atoms with Crippen molar-refractivity contribution in [2.45, 2.75) is 22.4 Å². The van der Waals surface area contributed by atoms with Gasteiger partial charge in [-0.15, -0.1) is 0 Å². The molecule has 116 valence electrons. The molecule has 0 bridgehead atoms. The van der Waals surface area contributed by atoms with Gasteiger partial charge in [-0.2, -0.15) is 0 Å². The predicted octanol–water partition coefficient (Wildman–Crippen LogP) is 4.16. The summed E-state index contributed by atoms with van der Waals surface area (Å²) in [5.41, 5.74) is 1.04. The molecule has 22 heavy (non-hydrogen) atoms. The number of nitrogens with zero attached hydrogens (tertiary/aromatic N) is 3. The summed E-state index contributed by atoms with van der Waals surface area (Å²) in [6.07, 6.45) is 4.47. The quantitative estimate of drug-likeness (QED) is 0.823. The number of benzene rings is 1. The van der Waals surface area contributed by atoms with Crippen LogP contribution >= 0.6 is 35.0 Å². The summed E-state index contributed by atoms with van der Waals surface area (Å²) in [7, 11) is 1.75. The first-order valence-electron chi connectivity index (χ1n) is 6.89. The molecular weight excluding hydrogens is 341 g/mol. The van der Waals surface area contributed by atoms with Crippen molar-refractivity contribution < 1.29 is 4.74 Å². The maximum Gasteiger partial charge on any atom is 0.147 e. The van der Waals surface area contributed by atoms with E-state index in [0.29, 0.717) is 5.15 Å². The number of rotatable bonds is 4. The highest BCUT2D eigenvalue weighted by Crippen LogP contribution is 2.39. The van der Waals surface area contributed by atoms with Gasteiger partial charge in [0.05, 0.1) is 29.2 Å². The summed E-state index contributed by atoms with van der Waals surface area (Å²) >= 11 is 13.8. The molecule has 4 nitrogen and oxygen atoms in total. The van der Waals surface area contributed by atoms with E-state index < -0.39 is 0 Å². The Labute approximate surface area is 143 Å². The summed E-state index contributed by atoms with van der Waals surface area (Å²) < 4.78 is 5.42. The average Bonchev–Trinajstić information content (AvgIpc) is 3.00. The van der Waals surface area contributed by atoms with Crippen molar-refractivity contribution in [1.29, 1.82) is 0 Å². The van der Waals surface area contributed by atoms with E-state index in [1.807, 2.05) is 18.2 Å². The molecule has 0 aliphatic carbocycles. The van der Waals surface area contributed by atoms with Crippen molar-refractivity contribution in [2.24, 2.45) is 0 Å². The number of ether oxygens (including phenoxy) is 1. The first kappa shape index (κ1) is 15.9. The minimum absolute atomic E-state index is 0.273. The highest BCUT2D eigenvalue weighted by atomic mass is 35.5.